The number of hydrogen-bond donors (Lipinski definition) is 2. The summed E-state index contributed by atoms with van der Waals surface area (Å²) in [5.74, 6) is 1.63. The summed E-state index contributed by atoms with van der Waals surface area (Å²) >= 11 is 6.23. The fourth-order valence-corrected chi connectivity index (χ4v) is 3.97. The van der Waals surface area contributed by atoms with E-state index in [9.17, 15) is 4.79 Å². The van der Waals surface area contributed by atoms with Crippen LogP contribution in [0.1, 0.15) is 24.1 Å². The van der Waals surface area contributed by atoms with Gasteiger partial charge in [0.25, 0.3) is 5.91 Å². The fraction of sp³-hybridized carbons (Fsp3) is 0.227. The third kappa shape index (κ3) is 3.48. The zero-order valence-electron chi connectivity index (χ0n) is 17.0. The van der Waals surface area contributed by atoms with E-state index in [-0.39, 0.29) is 5.91 Å². The first-order chi connectivity index (χ1) is 15.0. The predicted molar refractivity (Wildman–Crippen MR) is 117 cm³/mol. The topological polar surface area (TPSA) is 90.3 Å². The molecule has 3 heterocycles. The number of nitrogens with zero attached hydrogens (tertiary/aromatic N) is 3. The van der Waals surface area contributed by atoms with Crippen LogP contribution in [-0.4, -0.2) is 33.9 Å². The van der Waals surface area contributed by atoms with Gasteiger partial charge in [-0.2, -0.15) is 10.1 Å². The normalized spacial score (nSPS) is 17.1. The van der Waals surface area contributed by atoms with Crippen LogP contribution in [0.2, 0.25) is 5.02 Å². The van der Waals surface area contributed by atoms with Crippen LogP contribution < -0.4 is 20.1 Å². The number of allylic oxidation sites excluding steroid dienone is 1. The summed E-state index contributed by atoms with van der Waals surface area (Å²) in [5, 5.41) is 11.1. The zero-order valence-corrected chi connectivity index (χ0v) is 17.7. The third-order valence-corrected chi connectivity index (χ3v) is 5.76. The van der Waals surface area contributed by atoms with Crippen molar-refractivity contribution >= 4 is 29.1 Å². The van der Waals surface area contributed by atoms with Gasteiger partial charge >= 0.3 is 0 Å². The second-order valence-corrected chi connectivity index (χ2v) is 7.82. The van der Waals surface area contributed by atoms with Gasteiger partial charge in [0, 0.05) is 16.4 Å². The van der Waals surface area contributed by atoms with Crippen molar-refractivity contribution in [3.05, 3.63) is 70.1 Å². The van der Waals surface area contributed by atoms with Gasteiger partial charge in [-0.25, -0.2) is 4.68 Å². The summed E-state index contributed by atoms with van der Waals surface area (Å²) in [7, 11) is 0. The van der Waals surface area contributed by atoms with Crippen LogP contribution in [0.5, 0.6) is 11.5 Å². The van der Waals surface area contributed by atoms with Gasteiger partial charge in [-0.15, -0.1) is 0 Å². The summed E-state index contributed by atoms with van der Waals surface area (Å²) in [5.41, 5.74) is 3.61. The van der Waals surface area contributed by atoms with Crippen molar-refractivity contribution in [1.29, 1.82) is 0 Å². The van der Waals surface area contributed by atoms with E-state index in [4.69, 9.17) is 21.1 Å². The molecule has 3 aromatic rings. The molecule has 8 nitrogen and oxygen atoms in total. The Kier molecular flexibility index (Phi) is 4.78. The van der Waals surface area contributed by atoms with Crippen LogP contribution in [0.4, 0.5) is 11.6 Å². The van der Waals surface area contributed by atoms with Gasteiger partial charge in [0.2, 0.25) is 5.95 Å². The highest BCUT2D eigenvalue weighted by molar-refractivity contribution is 6.31. The highest BCUT2D eigenvalue weighted by atomic mass is 35.5. The Morgan fingerprint density at radius 1 is 1.16 bits per heavy atom. The molecule has 5 rings (SSSR count). The van der Waals surface area contributed by atoms with Crippen molar-refractivity contribution in [3.8, 4) is 11.5 Å². The average molecular weight is 438 g/mol. The molecule has 0 fully saturated rings. The first-order valence-electron chi connectivity index (χ1n) is 9.85. The summed E-state index contributed by atoms with van der Waals surface area (Å²) in [4.78, 5) is 17.7. The molecule has 1 amide bonds. The minimum absolute atomic E-state index is 0.258. The number of halogens is 1. The quantitative estimate of drug-likeness (QED) is 0.645. The van der Waals surface area contributed by atoms with Crippen LogP contribution in [0.25, 0.3) is 0 Å². The Hall–Kier alpha value is -3.52. The van der Waals surface area contributed by atoms with E-state index < -0.39 is 6.04 Å². The minimum Gasteiger partial charge on any atom is -0.486 e. The molecule has 31 heavy (non-hydrogen) atoms. The lowest BCUT2D eigenvalue weighted by Crippen LogP contribution is -2.31. The summed E-state index contributed by atoms with van der Waals surface area (Å²) in [6.07, 6.45) is 1.46. The molecule has 0 saturated heterocycles. The van der Waals surface area contributed by atoms with Crippen molar-refractivity contribution < 1.29 is 14.3 Å². The molecule has 1 aromatic heterocycles. The molecule has 2 aliphatic rings. The largest absolute Gasteiger partial charge is 0.486 e. The molecule has 2 N–H and O–H groups in total. The van der Waals surface area contributed by atoms with Gasteiger partial charge < -0.3 is 20.1 Å². The number of fused-ring (bicyclic) bond motifs is 2. The van der Waals surface area contributed by atoms with Crippen molar-refractivity contribution in [1.82, 2.24) is 14.8 Å². The van der Waals surface area contributed by atoms with Gasteiger partial charge in [-0.05, 0) is 49.2 Å². The Morgan fingerprint density at radius 3 is 2.77 bits per heavy atom. The number of hydrogen-bond acceptors (Lipinski definition) is 6. The second kappa shape index (κ2) is 7.63. The number of ether oxygens (including phenoxy) is 2. The molecule has 158 valence electrons. The van der Waals surface area contributed by atoms with Crippen LogP contribution >= 0.6 is 11.6 Å². The number of aromatic nitrogens is 3. The second-order valence-electron chi connectivity index (χ2n) is 7.42. The van der Waals surface area contributed by atoms with E-state index in [0.717, 1.165) is 11.1 Å². The van der Waals surface area contributed by atoms with Gasteiger partial charge in [-0.1, -0.05) is 23.7 Å². The lowest BCUT2D eigenvalue weighted by atomic mass is 9.94. The Morgan fingerprint density at radius 2 is 1.97 bits per heavy atom. The predicted octanol–water partition coefficient (Wildman–Crippen LogP) is 3.94. The van der Waals surface area contributed by atoms with E-state index in [1.807, 2.05) is 44.2 Å². The molecule has 0 aliphatic carbocycles. The maximum atomic E-state index is 13.4. The maximum absolute atomic E-state index is 13.4. The smallest absolute Gasteiger partial charge is 0.255 e. The zero-order chi connectivity index (χ0) is 21.5. The molecule has 1 atom stereocenters. The molecule has 0 radical (unpaired) electrons. The lowest BCUT2D eigenvalue weighted by molar-refractivity contribution is -0.113. The van der Waals surface area contributed by atoms with E-state index in [1.165, 1.54) is 6.33 Å². The molecule has 1 unspecified atom stereocenters. The van der Waals surface area contributed by atoms with E-state index in [0.29, 0.717) is 52.6 Å². The van der Waals surface area contributed by atoms with Crippen molar-refractivity contribution in [2.75, 3.05) is 23.8 Å². The number of carbonyl (C=O) groups is 1. The first kappa shape index (κ1) is 19.4. The van der Waals surface area contributed by atoms with Gasteiger partial charge in [-0.3, -0.25) is 4.79 Å². The SMILES string of the molecule is CC1=C(C(=O)Nc2ccc(C)c(Cl)c2)C(c2ccc3c(c2)OCCO3)n2ncnc2N1. The van der Waals surface area contributed by atoms with Gasteiger partial charge in [0.05, 0.1) is 5.57 Å². The molecule has 0 bridgehead atoms. The van der Waals surface area contributed by atoms with Gasteiger partial charge in [0.15, 0.2) is 11.5 Å². The Bertz CT molecular complexity index is 1220. The lowest BCUT2D eigenvalue weighted by Gasteiger charge is -2.29. The van der Waals surface area contributed by atoms with Crippen LogP contribution in [-0.2, 0) is 4.79 Å². The summed E-state index contributed by atoms with van der Waals surface area (Å²) < 4.78 is 13.1. The number of nitrogens with one attached hydrogen (secondary N) is 2. The monoisotopic (exact) mass is 437 g/mol. The number of amides is 1. The number of benzene rings is 2. The van der Waals surface area contributed by atoms with Crippen molar-refractivity contribution in [2.45, 2.75) is 19.9 Å². The number of carbonyl (C=O) groups excluding carboxylic acids is 1. The average Bonchev–Trinajstić information content (AvgIpc) is 3.23. The van der Waals surface area contributed by atoms with Crippen LogP contribution in [0, 0.1) is 6.92 Å². The highest BCUT2D eigenvalue weighted by Gasteiger charge is 2.34. The first-order valence-corrected chi connectivity index (χ1v) is 10.2. The number of rotatable bonds is 3. The van der Waals surface area contributed by atoms with Crippen molar-refractivity contribution in [3.63, 3.8) is 0 Å². The van der Waals surface area contributed by atoms with Gasteiger partial charge in [0.1, 0.15) is 25.6 Å². The maximum Gasteiger partial charge on any atom is 0.255 e. The molecule has 2 aromatic carbocycles. The third-order valence-electron chi connectivity index (χ3n) is 5.35. The molecule has 0 spiro atoms. The fourth-order valence-electron chi connectivity index (χ4n) is 3.79. The molecule has 0 saturated carbocycles. The molecular weight excluding hydrogens is 418 g/mol. The summed E-state index contributed by atoms with van der Waals surface area (Å²) in [6.45, 7) is 4.75. The molecule has 2 aliphatic heterocycles. The highest BCUT2D eigenvalue weighted by Crippen LogP contribution is 2.39. The van der Waals surface area contributed by atoms with E-state index in [2.05, 4.69) is 20.7 Å². The Labute approximate surface area is 183 Å². The number of anilines is 2. The standard InChI is InChI=1S/C22H20ClN5O3/c1-12-3-5-15(10-16(12)23)27-21(29)19-13(2)26-22-24-11-25-28(22)20(19)14-4-6-17-18(9-14)31-8-7-30-17/h3-6,9-11,20H,7-8H2,1-2H3,(H,27,29)(H,24,25,26). The van der Waals surface area contributed by atoms with Crippen LogP contribution in [0.15, 0.2) is 54.0 Å². The van der Waals surface area contributed by atoms with Crippen LogP contribution in [0.3, 0.4) is 0 Å². The van der Waals surface area contributed by atoms with Crippen molar-refractivity contribution in [2.24, 2.45) is 0 Å². The molecule has 9 heteroatoms. The Balaban J connectivity index is 1.55. The van der Waals surface area contributed by atoms with E-state index >= 15 is 0 Å². The summed E-state index contributed by atoms with van der Waals surface area (Å²) in [6, 6.07) is 10.6. The number of aryl methyl sites for hydroxylation is 1. The van der Waals surface area contributed by atoms with E-state index in [1.54, 1.807) is 10.7 Å². The molecular formula is C22H20ClN5O3. The minimum atomic E-state index is -0.490.